The van der Waals surface area contributed by atoms with E-state index in [1.807, 2.05) is 0 Å². The van der Waals surface area contributed by atoms with Crippen LogP contribution >= 0.6 is 0 Å². The van der Waals surface area contributed by atoms with Crippen LogP contribution in [0.1, 0.15) is 39.9 Å². The van der Waals surface area contributed by atoms with Gasteiger partial charge in [0.15, 0.2) is 29.7 Å². The summed E-state index contributed by atoms with van der Waals surface area (Å²) in [6.07, 6.45) is 1.33. The maximum absolute atomic E-state index is 14.3. The van der Waals surface area contributed by atoms with Crippen molar-refractivity contribution in [3.05, 3.63) is 88.5 Å². The quantitative estimate of drug-likeness (QED) is 0.150. The van der Waals surface area contributed by atoms with Crippen LogP contribution in [0.2, 0.25) is 0 Å². The van der Waals surface area contributed by atoms with Crippen molar-refractivity contribution in [1.82, 2.24) is 19.3 Å². The second-order valence-corrected chi connectivity index (χ2v) is 9.71. The van der Waals surface area contributed by atoms with Crippen molar-refractivity contribution in [2.24, 2.45) is 0 Å². The van der Waals surface area contributed by atoms with Crippen LogP contribution < -0.4 is 9.47 Å². The highest BCUT2D eigenvalue weighted by Crippen LogP contribution is 2.44. The number of ether oxygens (including phenoxy) is 3. The molecule has 3 heterocycles. The lowest BCUT2D eigenvalue weighted by Crippen LogP contribution is -2.21. The Balaban J connectivity index is 1.59. The maximum Gasteiger partial charge on any atom is 0.435 e. The van der Waals surface area contributed by atoms with Gasteiger partial charge in [-0.05, 0) is 55.3 Å². The molecule has 5 rings (SSSR count). The number of aromatic nitrogens is 4. The van der Waals surface area contributed by atoms with Crippen LogP contribution in [0.5, 0.6) is 11.5 Å². The third-order valence-electron chi connectivity index (χ3n) is 6.85. The fourth-order valence-corrected chi connectivity index (χ4v) is 4.67. The molecule has 0 atom stereocenters. The molecule has 0 fully saturated rings. The van der Waals surface area contributed by atoms with Gasteiger partial charge in [-0.2, -0.15) is 18.3 Å². The van der Waals surface area contributed by atoms with E-state index in [1.54, 1.807) is 42.9 Å². The van der Waals surface area contributed by atoms with Crippen LogP contribution in [-0.4, -0.2) is 51.4 Å². The third-order valence-corrected chi connectivity index (χ3v) is 6.85. The topological polar surface area (TPSA) is 97.5 Å². The summed E-state index contributed by atoms with van der Waals surface area (Å²) in [6.45, 7) is 3.13. The van der Waals surface area contributed by atoms with Gasteiger partial charge in [-0.25, -0.2) is 14.2 Å². The molecular weight excluding hydrogens is 572 g/mol. The molecule has 0 aliphatic carbocycles. The van der Waals surface area contributed by atoms with Crippen molar-refractivity contribution in [3.8, 4) is 22.6 Å². The Labute approximate surface area is 243 Å². The monoisotopic (exact) mass is 598 g/mol. The first-order chi connectivity index (χ1) is 20.5. The summed E-state index contributed by atoms with van der Waals surface area (Å²) in [6, 6.07) is 6.99. The predicted molar refractivity (Wildman–Crippen MR) is 146 cm³/mol. The number of nitrogens with zero attached hydrogens (tertiary/aromatic N) is 4. The molecule has 0 radical (unpaired) electrons. The minimum absolute atomic E-state index is 0.00983. The number of methoxy groups -OCH3 is 1. The molecule has 2 aromatic heterocycles. The molecule has 0 saturated heterocycles. The molecule has 0 bridgehead atoms. The van der Waals surface area contributed by atoms with E-state index in [9.17, 15) is 27.2 Å². The Morgan fingerprint density at radius 1 is 1.16 bits per heavy atom. The molecule has 0 unspecified atom stereocenters. The number of halogens is 4. The average Bonchev–Trinajstić information content (AvgIpc) is 3.60. The van der Waals surface area contributed by atoms with Gasteiger partial charge >= 0.3 is 12.1 Å². The van der Waals surface area contributed by atoms with E-state index in [1.165, 1.54) is 36.2 Å². The van der Waals surface area contributed by atoms with E-state index >= 15 is 0 Å². The Hall–Kier alpha value is -4.94. The number of benzene rings is 2. The van der Waals surface area contributed by atoms with Gasteiger partial charge in [0.05, 0.1) is 12.7 Å². The molecule has 224 valence electrons. The highest BCUT2D eigenvalue weighted by atomic mass is 19.4. The average molecular weight is 599 g/mol. The Morgan fingerprint density at radius 3 is 2.60 bits per heavy atom. The van der Waals surface area contributed by atoms with Crippen molar-refractivity contribution in [2.75, 3.05) is 20.3 Å². The number of fused-ring (bicyclic) bond motifs is 1. The first kappa shape index (κ1) is 29.5. The lowest BCUT2D eigenvalue weighted by molar-refractivity contribution is -0.143. The number of esters is 1. The first-order valence-corrected chi connectivity index (χ1v) is 13.1. The highest BCUT2D eigenvalue weighted by molar-refractivity contribution is 6.15. The number of aryl methyl sites for hydroxylation is 2. The molecule has 2 aromatic carbocycles. The van der Waals surface area contributed by atoms with E-state index in [4.69, 9.17) is 9.47 Å². The molecule has 1 aliphatic rings. The molecule has 13 heteroatoms. The molecule has 4 aromatic rings. The molecule has 9 nitrogen and oxygen atoms in total. The van der Waals surface area contributed by atoms with Gasteiger partial charge in [0.1, 0.15) is 18.2 Å². The number of carbonyl (C=O) groups excluding carboxylic acids is 2. The number of imidazole rings is 1. The number of hydrogen-bond donors (Lipinski definition) is 0. The van der Waals surface area contributed by atoms with E-state index in [0.29, 0.717) is 17.0 Å². The van der Waals surface area contributed by atoms with Gasteiger partial charge in [-0.3, -0.25) is 9.48 Å². The minimum atomic E-state index is -4.75. The van der Waals surface area contributed by atoms with Crippen molar-refractivity contribution in [3.63, 3.8) is 0 Å². The van der Waals surface area contributed by atoms with Gasteiger partial charge in [-0.1, -0.05) is 6.07 Å². The van der Waals surface area contributed by atoms with Crippen LogP contribution in [0, 0.1) is 12.7 Å². The molecule has 1 aliphatic heterocycles. The van der Waals surface area contributed by atoms with Gasteiger partial charge in [0, 0.05) is 48.4 Å². The van der Waals surface area contributed by atoms with Crippen molar-refractivity contribution in [1.29, 1.82) is 0 Å². The van der Waals surface area contributed by atoms with Crippen molar-refractivity contribution < 1.29 is 41.4 Å². The Morgan fingerprint density at radius 2 is 1.93 bits per heavy atom. The summed E-state index contributed by atoms with van der Waals surface area (Å²) in [5, 5.41) is 3.73. The lowest BCUT2D eigenvalue weighted by Gasteiger charge is -2.23. The van der Waals surface area contributed by atoms with E-state index < -0.39 is 36.0 Å². The summed E-state index contributed by atoms with van der Waals surface area (Å²) >= 11 is 0. The second kappa shape index (κ2) is 11.7. The molecular formula is C30H26F4N4O5. The van der Waals surface area contributed by atoms with E-state index in [-0.39, 0.29) is 53.5 Å². The zero-order valence-corrected chi connectivity index (χ0v) is 23.4. The molecule has 0 spiro atoms. The standard InChI is InChI=1S/C30H26F4N4O5/c1-4-38-14-23(29(36-38)30(32,33)34)21-10-19(13-37-8-7-35-17(37)2)11-22-27(40)20(15-43-28(21)22)9-18-5-6-24(31)25(12-18)42-16-26(39)41-3/h5-12,14H,4,13,15-16H2,1-3H3/b20-9+. The summed E-state index contributed by atoms with van der Waals surface area (Å²) in [4.78, 5) is 29.4. The number of rotatable bonds is 8. The normalized spacial score (nSPS) is 14.0. The van der Waals surface area contributed by atoms with Crippen LogP contribution in [0.15, 0.2) is 54.5 Å². The summed E-state index contributed by atoms with van der Waals surface area (Å²) in [5.41, 5.74) is -0.0253. The van der Waals surface area contributed by atoms with Crippen LogP contribution in [0.3, 0.4) is 0 Å². The Kier molecular flexibility index (Phi) is 8.07. The van der Waals surface area contributed by atoms with Gasteiger partial charge in [0.2, 0.25) is 0 Å². The smallest absolute Gasteiger partial charge is 0.435 e. The molecule has 43 heavy (non-hydrogen) atoms. The summed E-state index contributed by atoms with van der Waals surface area (Å²) < 4.78 is 75.1. The van der Waals surface area contributed by atoms with E-state index in [0.717, 1.165) is 6.07 Å². The summed E-state index contributed by atoms with van der Waals surface area (Å²) in [5.74, 6) is -1.43. The summed E-state index contributed by atoms with van der Waals surface area (Å²) in [7, 11) is 1.17. The van der Waals surface area contributed by atoms with Gasteiger partial charge in [0.25, 0.3) is 0 Å². The van der Waals surface area contributed by atoms with Crippen LogP contribution in [0.4, 0.5) is 17.6 Å². The largest absolute Gasteiger partial charge is 0.487 e. The van der Waals surface area contributed by atoms with Gasteiger partial charge < -0.3 is 18.8 Å². The number of carbonyl (C=O) groups is 2. The maximum atomic E-state index is 14.3. The minimum Gasteiger partial charge on any atom is -0.487 e. The molecule has 0 saturated carbocycles. The fraction of sp³-hybridized carbons (Fsp3) is 0.267. The Bertz CT molecular complexity index is 1740. The number of Topliss-reactive ketones (excluding diaryl/α,β-unsaturated/α-hetero) is 1. The highest BCUT2D eigenvalue weighted by Gasteiger charge is 2.39. The zero-order chi connectivity index (χ0) is 30.9. The van der Waals surface area contributed by atoms with E-state index in [2.05, 4.69) is 14.8 Å². The van der Waals surface area contributed by atoms with Crippen LogP contribution in [-0.2, 0) is 28.8 Å². The predicted octanol–water partition coefficient (Wildman–Crippen LogP) is 5.49. The number of hydrogen-bond acceptors (Lipinski definition) is 7. The fourth-order valence-electron chi connectivity index (χ4n) is 4.67. The van der Waals surface area contributed by atoms with Crippen molar-refractivity contribution in [2.45, 2.75) is 33.1 Å². The molecule has 0 amide bonds. The number of ketones is 1. The first-order valence-electron chi connectivity index (χ1n) is 13.1. The second-order valence-electron chi connectivity index (χ2n) is 9.71. The molecule has 0 N–H and O–H groups in total. The lowest BCUT2D eigenvalue weighted by atomic mass is 9.91. The third kappa shape index (κ3) is 6.15. The van der Waals surface area contributed by atoms with Gasteiger partial charge in [-0.15, -0.1) is 0 Å². The van der Waals surface area contributed by atoms with Crippen LogP contribution in [0.25, 0.3) is 17.2 Å². The van der Waals surface area contributed by atoms with Crippen molar-refractivity contribution >= 4 is 17.8 Å². The number of alkyl halides is 3. The zero-order valence-electron chi connectivity index (χ0n) is 23.4. The SMILES string of the molecule is CCn1cc(-c2cc(Cn3ccnc3C)cc3c2OC/C(=C\c2ccc(F)c(OCC(=O)OC)c2)C3=O)c(C(F)(F)F)n1.